The second-order valence-electron chi connectivity index (χ2n) is 6.81. The van der Waals surface area contributed by atoms with Gasteiger partial charge in [-0.2, -0.15) is 17.0 Å². The lowest BCUT2D eigenvalue weighted by Crippen LogP contribution is -2.45. The number of nitrogens with one attached hydrogen (secondary N) is 1. The highest BCUT2D eigenvalue weighted by Gasteiger charge is 2.31. The molecule has 26 heavy (non-hydrogen) atoms. The molecule has 2 aromatic rings. The molecule has 1 fully saturated rings. The van der Waals surface area contributed by atoms with Gasteiger partial charge in [0.15, 0.2) is 5.13 Å². The van der Waals surface area contributed by atoms with E-state index >= 15 is 0 Å². The van der Waals surface area contributed by atoms with Crippen LogP contribution in [0, 0.1) is 13.8 Å². The second kappa shape index (κ2) is 7.59. The fourth-order valence-electron chi connectivity index (χ4n) is 3.14. The lowest BCUT2D eigenvalue weighted by Gasteiger charge is -2.33. The molecular formula is C17H25N5O2S2. The van der Waals surface area contributed by atoms with Crippen LogP contribution in [0.25, 0.3) is 0 Å². The molecule has 0 radical (unpaired) electrons. The molecule has 0 saturated carbocycles. The number of nitrogens with zero attached hydrogens (tertiary/aromatic N) is 4. The van der Waals surface area contributed by atoms with Gasteiger partial charge in [-0.05, 0) is 38.8 Å². The summed E-state index contributed by atoms with van der Waals surface area (Å²) in [5, 5.41) is 4.18. The number of piperidine rings is 1. The fraction of sp³-hybridized carbons (Fsp3) is 0.529. The molecule has 9 heteroatoms. The second-order valence-corrected chi connectivity index (χ2v) is 10.2. The molecule has 0 amide bonds. The van der Waals surface area contributed by atoms with E-state index in [2.05, 4.69) is 15.3 Å². The monoisotopic (exact) mass is 395 g/mol. The number of thiazole rings is 1. The molecule has 1 N–H and O–H groups in total. The van der Waals surface area contributed by atoms with Gasteiger partial charge in [-0.15, -0.1) is 11.3 Å². The minimum absolute atomic E-state index is 0.0944. The van der Waals surface area contributed by atoms with E-state index < -0.39 is 10.2 Å². The summed E-state index contributed by atoms with van der Waals surface area (Å²) in [7, 11) is -0.249. The molecule has 0 aliphatic carbocycles. The van der Waals surface area contributed by atoms with Crippen LogP contribution in [0.1, 0.15) is 35.0 Å². The summed E-state index contributed by atoms with van der Waals surface area (Å²) < 4.78 is 27.7. The third-order valence-corrected chi connectivity index (χ3v) is 7.17. The van der Waals surface area contributed by atoms with Crippen LogP contribution in [-0.2, 0) is 10.2 Å². The number of rotatable bonds is 5. The van der Waals surface area contributed by atoms with Crippen molar-refractivity contribution in [3.8, 4) is 0 Å². The molecule has 1 atom stereocenters. The Morgan fingerprint density at radius 1 is 1.31 bits per heavy atom. The highest BCUT2D eigenvalue weighted by molar-refractivity contribution is 7.86. The van der Waals surface area contributed by atoms with Crippen LogP contribution in [-0.4, -0.2) is 54.2 Å². The first kappa shape index (κ1) is 19.2. The summed E-state index contributed by atoms with van der Waals surface area (Å²) in [6, 6.07) is 4.00. The zero-order chi connectivity index (χ0) is 18.9. The summed E-state index contributed by atoms with van der Waals surface area (Å²) in [6.07, 6.45) is 3.61. The molecule has 3 heterocycles. The zero-order valence-corrected chi connectivity index (χ0v) is 17.2. The number of anilines is 2. The van der Waals surface area contributed by atoms with Crippen molar-refractivity contribution < 1.29 is 8.42 Å². The van der Waals surface area contributed by atoms with Gasteiger partial charge in [-0.1, -0.05) is 0 Å². The van der Waals surface area contributed by atoms with Gasteiger partial charge in [0, 0.05) is 61.3 Å². The van der Waals surface area contributed by atoms with E-state index in [1.54, 1.807) is 29.7 Å². The first-order valence-corrected chi connectivity index (χ1v) is 10.8. The molecule has 7 nitrogen and oxygen atoms in total. The van der Waals surface area contributed by atoms with Crippen molar-refractivity contribution >= 4 is 32.4 Å². The van der Waals surface area contributed by atoms with Crippen molar-refractivity contribution in [2.45, 2.75) is 32.6 Å². The largest absolute Gasteiger partial charge is 0.331 e. The Hall–Kier alpha value is -1.55. The molecule has 0 bridgehead atoms. The lowest BCUT2D eigenvalue weighted by atomic mass is 9.95. The topological polar surface area (TPSA) is 78.4 Å². The summed E-state index contributed by atoms with van der Waals surface area (Å²) >= 11 is 1.60. The predicted octanol–water partition coefficient (Wildman–Crippen LogP) is 2.88. The fourth-order valence-corrected chi connectivity index (χ4v) is 5.01. The van der Waals surface area contributed by atoms with Gasteiger partial charge in [-0.3, -0.25) is 4.98 Å². The first-order chi connectivity index (χ1) is 12.3. The minimum Gasteiger partial charge on any atom is -0.331 e. The molecular weight excluding hydrogens is 370 g/mol. The van der Waals surface area contributed by atoms with Gasteiger partial charge in [0.05, 0.1) is 0 Å². The van der Waals surface area contributed by atoms with Crippen LogP contribution in [0.15, 0.2) is 18.3 Å². The number of hydrogen-bond donors (Lipinski definition) is 1. The van der Waals surface area contributed by atoms with Crippen LogP contribution >= 0.6 is 11.3 Å². The summed E-state index contributed by atoms with van der Waals surface area (Å²) in [5.74, 6) is 0.0944. The van der Waals surface area contributed by atoms with Crippen LogP contribution < -0.4 is 5.32 Å². The third-order valence-electron chi connectivity index (χ3n) is 4.44. The van der Waals surface area contributed by atoms with E-state index in [1.807, 2.05) is 32.2 Å². The molecule has 1 unspecified atom stereocenters. The highest BCUT2D eigenvalue weighted by Crippen LogP contribution is 2.30. The molecule has 0 spiro atoms. The lowest BCUT2D eigenvalue weighted by molar-refractivity contribution is 0.296. The number of aryl methyl sites for hydroxylation is 2. The van der Waals surface area contributed by atoms with Crippen molar-refractivity contribution in [2.24, 2.45) is 0 Å². The molecule has 1 aliphatic rings. The maximum Gasteiger partial charge on any atom is 0.281 e. The highest BCUT2D eigenvalue weighted by atomic mass is 32.2. The average Bonchev–Trinajstić information content (AvgIpc) is 2.99. The number of pyridine rings is 1. The number of hydrogen-bond acceptors (Lipinski definition) is 6. The van der Waals surface area contributed by atoms with Crippen molar-refractivity contribution in [1.29, 1.82) is 0 Å². The molecule has 3 rings (SSSR count). The maximum atomic E-state index is 12.5. The molecule has 0 aromatic carbocycles. The Bertz CT molecular complexity index is 879. The Morgan fingerprint density at radius 3 is 2.73 bits per heavy atom. The van der Waals surface area contributed by atoms with Crippen molar-refractivity contribution in [1.82, 2.24) is 18.6 Å². The average molecular weight is 396 g/mol. The Morgan fingerprint density at radius 2 is 2.08 bits per heavy atom. The van der Waals surface area contributed by atoms with Gasteiger partial charge < -0.3 is 5.32 Å². The maximum absolute atomic E-state index is 12.5. The van der Waals surface area contributed by atoms with Crippen LogP contribution in [0.5, 0.6) is 0 Å². The van der Waals surface area contributed by atoms with Crippen LogP contribution in [0.3, 0.4) is 0 Å². The normalized spacial score (nSPS) is 19.0. The van der Waals surface area contributed by atoms with Gasteiger partial charge in [0.1, 0.15) is 0 Å². The van der Waals surface area contributed by atoms with Gasteiger partial charge in [-0.25, -0.2) is 4.98 Å². The summed E-state index contributed by atoms with van der Waals surface area (Å²) in [4.78, 5) is 10.2. The van der Waals surface area contributed by atoms with Crippen LogP contribution in [0.4, 0.5) is 10.8 Å². The van der Waals surface area contributed by atoms with E-state index in [0.29, 0.717) is 13.1 Å². The smallest absolute Gasteiger partial charge is 0.281 e. The Labute approximate surface area is 159 Å². The minimum atomic E-state index is -3.39. The SMILES string of the molecule is Cc1cc(Nc2ncc(C)s2)cc(C2CCCN(S(=O)(=O)N(C)C)C2)n1. The Kier molecular flexibility index (Phi) is 5.61. The third kappa shape index (κ3) is 4.22. The zero-order valence-electron chi connectivity index (χ0n) is 15.6. The van der Waals surface area contributed by atoms with Gasteiger partial charge in [0.2, 0.25) is 0 Å². The van der Waals surface area contributed by atoms with Gasteiger partial charge in [0.25, 0.3) is 10.2 Å². The molecule has 2 aromatic heterocycles. The van der Waals surface area contributed by atoms with E-state index in [0.717, 1.165) is 39.9 Å². The van der Waals surface area contributed by atoms with E-state index in [1.165, 1.54) is 4.31 Å². The summed E-state index contributed by atoms with van der Waals surface area (Å²) in [6.45, 7) is 5.01. The Balaban J connectivity index is 1.82. The standard InChI is InChI=1S/C17H25N5O2S2/c1-12-8-15(20-17-18-10-13(2)25-17)9-16(19-12)14-6-5-7-22(11-14)26(23,24)21(3)4/h8-10,14H,5-7,11H2,1-4H3,(H,18,19,20). The predicted molar refractivity (Wildman–Crippen MR) is 105 cm³/mol. The van der Waals surface area contributed by atoms with Gasteiger partial charge >= 0.3 is 0 Å². The van der Waals surface area contributed by atoms with E-state index in [9.17, 15) is 8.42 Å². The number of aromatic nitrogens is 2. The quantitative estimate of drug-likeness (QED) is 0.842. The van der Waals surface area contributed by atoms with Crippen molar-refractivity contribution in [3.63, 3.8) is 0 Å². The molecule has 1 aliphatic heterocycles. The van der Waals surface area contributed by atoms with Crippen molar-refractivity contribution in [2.75, 3.05) is 32.5 Å². The van der Waals surface area contributed by atoms with Crippen molar-refractivity contribution in [3.05, 3.63) is 34.6 Å². The summed E-state index contributed by atoms with van der Waals surface area (Å²) in [5.41, 5.74) is 2.78. The van der Waals surface area contributed by atoms with E-state index in [-0.39, 0.29) is 5.92 Å². The molecule has 1 saturated heterocycles. The first-order valence-electron chi connectivity index (χ1n) is 8.61. The van der Waals surface area contributed by atoms with Crippen LogP contribution in [0.2, 0.25) is 0 Å². The van der Waals surface area contributed by atoms with E-state index in [4.69, 9.17) is 0 Å². The molecule has 142 valence electrons.